The molecule has 0 saturated heterocycles. The van der Waals surface area contributed by atoms with Crippen LogP contribution in [0.2, 0.25) is 0 Å². The van der Waals surface area contributed by atoms with E-state index in [1.165, 1.54) is 31.1 Å². The van der Waals surface area contributed by atoms with Crippen molar-refractivity contribution in [3.05, 3.63) is 34.7 Å². The van der Waals surface area contributed by atoms with Crippen LogP contribution in [0, 0.1) is 11.8 Å². The number of nitrogens with one attached hydrogen (secondary N) is 2. The molecule has 6 rings (SSSR count). The van der Waals surface area contributed by atoms with Crippen LogP contribution in [0.1, 0.15) is 43.2 Å². The number of hydrazine groups is 1. The molecule has 1 aromatic heterocycles. The van der Waals surface area contributed by atoms with Crippen molar-refractivity contribution in [3.63, 3.8) is 0 Å². The molecule has 2 N–H and O–H groups in total. The lowest BCUT2D eigenvalue weighted by molar-refractivity contribution is -0.136. The third-order valence-electron chi connectivity index (χ3n) is 5.99. The summed E-state index contributed by atoms with van der Waals surface area (Å²) in [7, 11) is 0. The maximum Gasteiger partial charge on any atom is 0.417 e. The molecule has 3 fully saturated rings. The fourth-order valence-corrected chi connectivity index (χ4v) is 5.70. The molecule has 25 heavy (non-hydrogen) atoms. The van der Waals surface area contributed by atoms with Crippen molar-refractivity contribution >= 4 is 27.3 Å². The zero-order valence-corrected chi connectivity index (χ0v) is 14.3. The Kier molecular flexibility index (Phi) is 3.26. The number of fused-ring (bicyclic) bond motifs is 3. The minimum Gasteiger partial charge on any atom is -0.303 e. The van der Waals surface area contributed by atoms with E-state index in [-0.39, 0.29) is 11.0 Å². The van der Waals surface area contributed by atoms with E-state index in [0.29, 0.717) is 10.6 Å². The summed E-state index contributed by atoms with van der Waals surface area (Å²) in [5.74, 6) is 2.03. The van der Waals surface area contributed by atoms with Gasteiger partial charge in [0.15, 0.2) is 0 Å². The Morgan fingerprint density at radius 3 is 2.64 bits per heavy atom. The highest BCUT2D eigenvalue weighted by molar-refractivity contribution is 7.17. The largest absolute Gasteiger partial charge is 0.417 e. The lowest BCUT2D eigenvalue weighted by Crippen LogP contribution is -2.56. The second-order valence-corrected chi connectivity index (χ2v) is 8.33. The third kappa shape index (κ3) is 2.39. The van der Waals surface area contributed by atoms with Gasteiger partial charge in [0, 0.05) is 21.0 Å². The van der Waals surface area contributed by atoms with Crippen LogP contribution in [0.3, 0.4) is 0 Å². The average molecular weight is 365 g/mol. The second-order valence-electron chi connectivity index (χ2n) is 7.41. The molecule has 0 radical (unpaired) electrons. The molecule has 0 unspecified atom stereocenters. The first-order valence-corrected chi connectivity index (χ1v) is 9.54. The van der Waals surface area contributed by atoms with Gasteiger partial charge in [0.1, 0.15) is 11.5 Å². The molecule has 2 bridgehead atoms. The number of thiophene rings is 1. The Balaban J connectivity index is 1.51. The molecule has 1 spiro atoms. The van der Waals surface area contributed by atoms with Crippen LogP contribution in [0.25, 0.3) is 10.1 Å². The summed E-state index contributed by atoms with van der Waals surface area (Å²) < 4.78 is 39.8. The fourth-order valence-electron chi connectivity index (χ4n) is 4.70. The summed E-state index contributed by atoms with van der Waals surface area (Å²) in [5.41, 5.74) is 6.66. The number of hydrogen-bond acceptors (Lipinski definition) is 4. The molecule has 1 aliphatic heterocycles. The molecule has 7 heteroatoms. The highest BCUT2D eigenvalue weighted by atomic mass is 32.1. The molecular formula is C18H18F3N3S. The molecule has 1 atom stereocenters. The fraction of sp³-hybridized carbons (Fsp3) is 0.500. The van der Waals surface area contributed by atoms with Crippen LogP contribution in [-0.4, -0.2) is 11.5 Å². The van der Waals surface area contributed by atoms with Crippen molar-refractivity contribution in [1.29, 1.82) is 0 Å². The Labute approximate surface area is 147 Å². The van der Waals surface area contributed by atoms with E-state index in [9.17, 15) is 13.2 Å². The standard InChI is InChI=1S/C18H18F3N3S/c19-18(20,21)14-9-25-15-7-11(3-6-13(14)15)16-22-17(24-23-16)8-10-1-4-12(17)5-2-10/h3,6-7,9-10,12,24H,1-2,4-5,8H2,(H,22,23)/t10?,12?,17-/m1/s1. The lowest BCUT2D eigenvalue weighted by Gasteiger charge is -2.47. The van der Waals surface area contributed by atoms with Gasteiger partial charge in [-0.05, 0) is 50.0 Å². The van der Waals surface area contributed by atoms with Crippen LogP contribution in [0.5, 0.6) is 0 Å². The van der Waals surface area contributed by atoms with Gasteiger partial charge in [0.05, 0.1) is 5.56 Å². The number of halogens is 3. The highest BCUT2D eigenvalue weighted by Crippen LogP contribution is 2.49. The summed E-state index contributed by atoms with van der Waals surface area (Å²) in [6, 6.07) is 5.10. The quantitative estimate of drug-likeness (QED) is 0.770. The van der Waals surface area contributed by atoms with E-state index in [2.05, 4.69) is 10.9 Å². The van der Waals surface area contributed by atoms with Gasteiger partial charge < -0.3 is 5.43 Å². The molecule has 1 aromatic carbocycles. The summed E-state index contributed by atoms with van der Waals surface area (Å²) in [6.07, 6.45) is 1.73. The first-order chi connectivity index (χ1) is 11.9. The minimum atomic E-state index is -4.31. The number of aliphatic imine (C=N–C) groups is 1. The molecule has 3 saturated carbocycles. The van der Waals surface area contributed by atoms with Gasteiger partial charge >= 0.3 is 6.18 Å². The van der Waals surface area contributed by atoms with E-state index in [1.807, 2.05) is 6.07 Å². The lowest BCUT2D eigenvalue weighted by atomic mass is 9.65. The number of amidine groups is 1. The van der Waals surface area contributed by atoms with E-state index >= 15 is 0 Å². The number of nitrogens with zero attached hydrogens (tertiary/aromatic N) is 1. The summed E-state index contributed by atoms with van der Waals surface area (Å²) in [4.78, 5) is 4.97. The average Bonchev–Trinajstić information content (AvgIpc) is 3.19. The molecule has 4 aliphatic rings. The highest BCUT2D eigenvalue weighted by Gasteiger charge is 2.50. The van der Waals surface area contributed by atoms with Gasteiger partial charge in [-0.2, -0.15) is 13.2 Å². The Bertz CT molecular complexity index is 864. The maximum absolute atomic E-state index is 13.0. The Morgan fingerprint density at radius 2 is 1.96 bits per heavy atom. The predicted molar refractivity (Wildman–Crippen MR) is 92.4 cm³/mol. The van der Waals surface area contributed by atoms with Crippen molar-refractivity contribution < 1.29 is 13.2 Å². The van der Waals surface area contributed by atoms with E-state index in [0.717, 1.165) is 35.1 Å². The molecule has 0 amide bonds. The number of alkyl halides is 3. The van der Waals surface area contributed by atoms with Gasteiger partial charge in [0.25, 0.3) is 0 Å². The van der Waals surface area contributed by atoms with E-state index in [4.69, 9.17) is 4.99 Å². The van der Waals surface area contributed by atoms with Gasteiger partial charge in [-0.1, -0.05) is 12.1 Å². The maximum atomic E-state index is 13.0. The topological polar surface area (TPSA) is 36.4 Å². The smallest absolute Gasteiger partial charge is 0.303 e. The number of hydrogen-bond donors (Lipinski definition) is 2. The van der Waals surface area contributed by atoms with Crippen molar-refractivity contribution in [2.75, 3.05) is 0 Å². The Hall–Kier alpha value is -1.60. The van der Waals surface area contributed by atoms with Crippen molar-refractivity contribution in [2.45, 2.75) is 43.9 Å². The van der Waals surface area contributed by atoms with E-state index in [1.54, 1.807) is 12.1 Å². The molecule has 2 aromatic rings. The summed E-state index contributed by atoms with van der Waals surface area (Å²) in [5, 5.41) is 1.46. The first kappa shape index (κ1) is 15.6. The van der Waals surface area contributed by atoms with Crippen LogP contribution >= 0.6 is 11.3 Å². The van der Waals surface area contributed by atoms with Crippen molar-refractivity contribution in [3.8, 4) is 0 Å². The SMILES string of the molecule is FC(F)(F)c1csc2cc(C3=N[C@]4(CC5CCC4CC5)NN3)ccc12. The monoisotopic (exact) mass is 365 g/mol. The zero-order valence-electron chi connectivity index (χ0n) is 13.5. The van der Waals surface area contributed by atoms with Crippen molar-refractivity contribution in [1.82, 2.24) is 10.9 Å². The third-order valence-corrected chi connectivity index (χ3v) is 6.93. The summed E-state index contributed by atoms with van der Waals surface area (Å²) in [6.45, 7) is 0. The molecule has 3 nitrogen and oxygen atoms in total. The number of rotatable bonds is 1. The molecule has 2 heterocycles. The van der Waals surface area contributed by atoms with E-state index < -0.39 is 11.7 Å². The second kappa shape index (κ2) is 5.20. The summed E-state index contributed by atoms with van der Waals surface area (Å²) >= 11 is 1.13. The van der Waals surface area contributed by atoms with Gasteiger partial charge in [-0.3, -0.25) is 0 Å². The predicted octanol–water partition coefficient (Wildman–Crippen LogP) is 4.68. The van der Waals surface area contributed by atoms with Crippen LogP contribution < -0.4 is 10.9 Å². The van der Waals surface area contributed by atoms with Gasteiger partial charge in [0.2, 0.25) is 0 Å². The van der Waals surface area contributed by atoms with Crippen LogP contribution in [-0.2, 0) is 6.18 Å². The minimum absolute atomic E-state index is 0.224. The Morgan fingerprint density at radius 1 is 1.16 bits per heavy atom. The zero-order chi connectivity index (χ0) is 17.2. The normalized spacial score (nSPS) is 31.6. The number of benzene rings is 1. The van der Waals surface area contributed by atoms with Crippen LogP contribution in [0.4, 0.5) is 13.2 Å². The molecule has 132 valence electrons. The van der Waals surface area contributed by atoms with Crippen LogP contribution in [0.15, 0.2) is 28.6 Å². The molecular weight excluding hydrogens is 347 g/mol. The van der Waals surface area contributed by atoms with Crippen molar-refractivity contribution in [2.24, 2.45) is 16.8 Å². The molecule has 3 aliphatic carbocycles. The first-order valence-electron chi connectivity index (χ1n) is 8.66. The van der Waals surface area contributed by atoms with Gasteiger partial charge in [-0.15, -0.1) is 11.3 Å². The van der Waals surface area contributed by atoms with Gasteiger partial charge in [-0.25, -0.2) is 10.4 Å².